The second kappa shape index (κ2) is 48.2. The number of carbonyl (C=O) groups excluding carboxylic acids is 1. The molecule has 67 heavy (non-hydrogen) atoms. The van der Waals surface area contributed by atoms with Crippen LogP contribution in [0.5, 0.6) is 0 Å². The zero-order chi connectivity index (χ0) is 49.2. The smallest absolute Gasteiger partial charge is 0.268 e. The molecule has 0 saturated heterocycles. The number of carbonyl (C=O) groups is 1. The molecule has 3 atom stereocenters. The molecular weight excluding hydrogens is 852 g/mol. The van der Waals surface area contributed by atoms with Crippen molar-refractivity contribution in [3.05, 3.63) is 109 Å². The van der Waals surface area contributed by atoms with Crippen LogP contribution in [0.1, 0.15) is 200 Å². The lowest BCUT2D eigenvalue weighted by atomic mass is 10.0. The van der Waals surface area contributed by atoms with Gasteiger partial charge in [-0.15, -0.1) is 0 Å². The summed E-state index contributed by atoms with van der Waals surface area (Å²) >= 11 is 0. The van der Waals surface area contributed by atoms with Crippen LogP contribution in [0.2, 0.25) is 0 Å². The van der Waals surface area contributed by atoms with Crippen molar-refractivity contribution >= 4 is 13.7 Å². The fourth-order valence-corrected chi connectivity index (χ4v) is 7.74. The van der Waals surface area contributed by atoms with Gasteiger partial charge in [0.15, 0.2) is 0 Å². The number of amides is 1. The van der Waals surface area contributed by atoms with Crippen LogP contribution in [0, 0.1) is 0 Å². The van der Waals surface area contributed by atoms with Crippen LogP contribution in [-0.2, 0) is 18.4 Å². The summed E-state index contributed by atoms with van der Waals surface area (Å²) in [5.41, 5.74) is 0. The van der Waals surface area contributed by atoms with E-state index in [2.05, 4.69) is 116 Å². The predicted octanol–water partition coefficient (Wildman–Crippen LogP) is 15.4. The van der Waals surface area contributed by atoms with E-state index in [-0.39, 0.29) is 12.5 Å². The van der Waals surface area contributed by atoms with Gasteiger partial charge in [0.1, 0.15) is 13.2 Å². The maximum atomic E-state index is 12.9. The lowest BCUT2D eigenvalue weighted by molar-refractivity contribution is -0.870. The first-order valence-electron chi connectivity index (χ1n) is 26.7. The summed E-state index contributed by atoms with van der Waals surface area (Å²) in [7, 11) is 1.23. The summed E-state index contributed by atoms with van der Waals surface area (Å²) in [4.78, 5) is 25.3. The third-order valence-corrected chi connectivity index (χ3v) is 12.2. The Balaban J connectivity index is 3.95. The molecule has 0 aromatic rings. The third kappa shape index (κ3) is 50.9. The molecule has 0 rings (SSSR count). The van der Waals surface area contributed by atoms with Crippen LogP contribution in [-0.4, -0.2) is 68.5 Å². The van der Waals surface area contributed by atoms with Gasteiger partial charge in [-0.05, 0) is 83.5 Å². The second-order valence-corrected chi connectivity index (χ2v) is 20.2. The molecule has 0 aliphatic carbocycles. The molecule has 1 amide bonds. The third-order valence-electron chi connectivity index (χ3n) is 11.2. The molecule has 2 N–H and O–H groups in total. The van der Waals surface area contributed by atoms with Crippen LogP contribution in [0.4, 0.5) is 0 Å². The predicted molar refractivity (Wildman–Crippen MR) is 288 cm³/mol. The minimum atomic E-state index is -4.60. The highest BCUT2D eigenvalue weighted by Gasteiger charge is 2.23. The highest BCUT2D eigenvalue weighted by atomic mass is 31.2. The van der Waals surface area contributed by atoms with E-state index in [1.807, 2.05) is 27.2 Å². The van der Waals surface area contributed by atoms with Crippen molar-refractivity contribution in [3.63, 3.8) is 0 Å². The molecule has 0 saturated carbocycles. The molecule has 384 valence electrons. The molecule has 0 spiro atoms. The number of aliphatic hydroxyl groups is 1. The molecule has 8 nitrogen and oxygen atoms in total. The Morgan fingerprint density at radius 3 is 1.39 bits per heavy atom. The zero-order valence-electron chi connectivity index (χ0n) is 43.6. The summed E-state index contributed by atoms with van der Waals surface area (Å²) in [5, 5.41) is 13.7. The number of quaternary nitrogens is 1. The summed E-state index contributed by atoms with van der Waals surface area (Å²) in [5.74, 6) is -0.216. The van der Waals surface area contributed by atoms with Crippen molar-refractivity contribution in [1.29, 1.82) is 0 Å². The first-order valence-corrected chi connectivity index (χ1v) is 28.2. The van der Waals surface area contributed by atoms with E-state index in [0.717, 1.165) is 89.9 Å². The average Bonchev–Trinajstić information content (AvgIpc) is 3.29. The number of allylic oxidation sites excluding steroid dienone is 17. The molecule has 0 aromatic heterocycles. The molecule has 0 bridgehead atoms. The summed E-state index contributed by atoms with van der Waals surface area (Å²) < 4.78 is 23.1. The molecule has 9 heteroatoms. The summed E-state index contributed by atoms with van der Waals surface area (Å²) in [6.45, 7) is 4.41. The van der Waals surface area contributed by atoms with Gasteiger partial charge in [0.25, 0.3) is 7.82 Å². The van der Waals surface area contributed by atoms with E-state index in [1.54, 1.807) is 6.08 Å². The van der Waals surface area contributed by atoms with E-state index >= 15 is 0 Å². The van der Waals surface area contributed by atoms with Crippen LogP contribution >= 0.6 is 7.82 Å². The van der Waals surface area contributed by atoms with E-state index in [0.29, 0.717) is 17.4 Å². The number of nitrogens with zero attached hydrogens (tertiary/aromatic N) is 1. The number of unbranched alkanes of at least 4 members (excludes halogenated alkanes) is 18. The normalized spacial score (nSPS) is 14.9. The number of phosphoric acid groups is 1. The van der Waals surface area contributed by atoms with E-state index in [9.17, 15) is 19.4 Å². The van der Waals surface area contributed by atoms with E-state index in [4.69, 9.17) is 9.05 Å². The van der Waals surface area contributed by atoms with Crippen molar-refractivity contribution in [2.75, 3.05) is 40.9 Å². The van der Waals surface area contributed by atoms with Gasteiger partial charge in [-0.3, -0.25) is 9.36 Å². The lowest BCUT2D eigenvalue weighted by Gasteiger charge is -2.29. The average molecular weight is 953 g/mol. The van der Waals surface area contributed by atoms with Gasteiger partial charge in [-0.25, -0.2) is 0 Å². The SMILES string of the molecule is CC/C=C\C/C=C\C/C=C\C/C=C\C/C=C\C/C=C\C/C=C\CCCCCCCCCCCCCCCCCC(=O)NC(COP(=O)([O-])OCC[N+](C)(C)C)C(O)/C=C/CC/C=C/CCCC. The molecule has 0 radical (unpaired) electrons. The molecule has 0 fully saturated rings. The molecule has 0 aliphatic rings. The zero-order valence-corrected chi connectivity index (χ0v) is 44.5. The fourth-order valence-electron chi connectivity index (χ4n) is 7.02. The van der Waals surface area contributed by atoms with Crippen molar-refractivity contribution in [2.45, 2.75) is 212 Å². The minimum Gasteiger partial charge on any atom is -0.756 e. The van der Waals surface area contributed by atoms with Crippen LogP contribution in [0.15, 0.2) is 109 Å². The molecule has 0 aliphatic heterocycles. The molecule has 3 unspecified atom stereocenters. The Bertz CT molecular complexity index is 1450. The minimum absolute atomic E-state index is 0.0107. The Labute approximate surface area is 412 Å². The number of likely N-dealkylation sites (N-methyl/N-ethyl adjacent to an activating group) is 1. The number of rotatable bonds is 47. The topological polar surface area (TPSA) is 108 Å². The van der Waals surface area contributed by atoms with Gasteiger partial charge in [-0.2, -0.15) is 0 Å². The number of phosphoric ester groups is 1. The lowest BCUT2D eigenvalue weighted by Crippen LogP contribution is -2.45. The second-order valence-electron chi connectivity index (χ2n) is 18.8. The van der Waals surface area contributed by atoms with E-state index < -0.39 is 26.6 Å². The monoisotopic (exact) mass is 953 g/mol. The maximum absolute atomic E-state index is 12.9. The highest BCUT2D eigenvalue weighted by Crippen LogP contribution is 2.38. The van der Waals surface area contributed by atoms with Gasteiger partial charge >= 0.3 is 0 Å². The van der Waals surface area contributed by atoms with Crippen molar-refractivity contribution in [3.8, 4) is 0 Å². The first kappa shape index (κ1) is 64.2. The number of hydrogen-bond acceptors (Lipinski definition) is 6. The van der Waals surface area contributed by atoms with Crippen molar-refractivity contribution < 1.29 is 32.9 Å². The Morgan fingerprint density at radius 2 is 0.925 bits per heavy atom. The maximum Gasteiger partial charge on any atom is 0.268 e. The molecule has 0 heterocycles. The highest BCUT2D eigenvalue weighted by molar-refractivity contribution is 7.45. The van der Waals surface area contributed by atoms with Crippen LogP contribution in [0.25, 0.3) is 0 Å². The number of nitrogens with one attached hydrogen (secondary N) is 1. The summed E-state index contributed by atoms with van der Waals surface area (Å²) in [6, 6.07) is -0.906. The molecular formula is C58H101N2O6P. The van der Waals surface area contributed by atoms with Gasteiger partial charge in [0.2, 0.25) is 5.91 Å². The number of hydrogen-bond donors (Lipinski definition) is 2. The summed E-state index contributed by atoms with van der Waals surface area (Å²) in [6.07, 6.45) is 70.5. The Morgan fingerprint density at radius 1 is 0.537 bits per heavy atom. The van der Waals surface area contributed by atoms with Gasteiger partial charge in [0.05, 0.1) is 39.9 Å². The Kier molecular flexibility index (Phi) is 46.2. The number of aliphatic hydroxyl groups excluding tert-OH is 1. The molecule has 0 aromatic carbocycles. The Hall–Kier alpha value is -2.84. The standard InChI is InChI=1S/C58H101N2O6P/c1-6-8-10-12-14-16-17-18-19-20-21-22-23-24-25-26-27-28-29-30-31-32-33-34-35-36-37-38-39-40-41-42-43-44-46-48-50-52-58(62)59-56(55-66-67(63,64)65-54-53-60(3,4)5)57(61)51-49-47-45-15-13-11-9-7-2/h8,10,13-16,18-19,21-22,24-25,27-28,30-31,49,51,56-57,61H,6-7,9,11-12,17,20,23,26,29,32-48,50,52-55H2,1-5H3,(H-,59,62,63,64)/b10-8-,15-13+,16-14-,19-18-,22-21-,25-24-,28-27-,31-30-,51-49+. The fraction of sp³-hybridized carbons (Fsp3) is 0.672. The largest absolute Gasteiger partial charge is 0.756 e. The van der Waals surface area contributed by atoms with E-state index in [1.165, 1.54) is 89.9 Å². The van der Waals surface area contributed by atoms with Crippen LogP contribution < -0.4 is 10.2 Å². The first-order chi connectivity index (χ1) is 32.5. The van der Waals surface area contributed by atoms with Gasteiger partial charge < -0.3 is 28.8 Å². The van der Waals surface area contributed by atoms with Gasteiger partial charge in [-0.1, -0.05) is 220 Å². The quantitative estimate of drug-likeness (QED) is 0.0272. The van der Waals surface area contributed by atoms with Crippen molar-refractivity contribution in [1.82, 2.24) is 5.32 Å². The van der Waals surface area contributed by atoms with Crippen LogP contribution in [0.3, 0.4) is 0 Å². The van der Waals surface area contributed by atoms with Crippen molar-refractivity contribution in [2.24, 2.45) is 0 Å². The van der Waals surface area contributed by atoms with Gasteiger partial charge in [0, 0.05) is 6.42 Å².